The Labute approximate surface area is 184 Å². The average Bonchev–Trinajstić information content (AvgIpc) is 3.12. The average molecular weight is 432 g/mol. The van der Waals surface area contributed by atoms with Crippen LogP contribution in [-0.4, -0.2) is 47.3 Å². The minimum absolute atomic E-state index is 0.0308. The Morgan fingerprint density at radius 2 is 2.03 bits per heavy atom. The van der Waals surface area contributed by atoms with Gasteiger partial charge in [-0.05, 0) is 36.8 Å². The highest BCUT2D eigenvalue weighted by atomic mass is 16.5. The van der Waals surface area contributed by atoms with Gasteiger partial charge in [-0.15, -0.1) is 0 Å². The Hall–Kier alpha value is -3.81. The lowest BCUT2D eigenvalue weighted by Gasteiger charge is -2.28. The second-order valence-corrected chi connectivity index (χ2v) is 8.16. The van der Waals surface area contributed by atoms with Gasteiger partial charge in [0.25, 0.3) is 5.91 Å². The predicted octanol–water partition coefficient (Wildman–Crippen LogP) is 2.59. The van der Waals surface area contributed by atoms with E-state index in [1.807, 2.05) is 23.1 Å². The molecule has 2 aliphatic heterocycles. The highest BCUT2D eigenvalue weighted by Crippen LogP contribution is 2.31. The summed E-state index contributed by atoms with van der Waals surface area (Å²) in [6, 6.07) is 12.0. The first-order valence-electron chi connectivity index (χ1n) is 10.7. The van der Waals surface area contributed by atoms with Crippen LogP contribution in [0.25, 0.3) is 10.9 Å². The number of carbonyl (C=O) groups is 3. The largest absolute Gasteiger partial charge is 0.497 e. The molecule has 3 N–H and O–H groups in total. The van der Waals surface area contributed by atoms with Gasteiger partial charge in [0.05, 0.1) is 18.4 Å². The Bertz CT molecular complexity index is 1230. The fourth-order valence-electron chi connectivity index (χ4n) is 4.47. The first kappa shape index (κ1) is 20.1. The van der Waals surface area contributed by atoms with Gasteiger partial charge in [-0.25, -0.2) is 0 Å². The summed E-state index contributed by atoms with van der Waals surface area (Å²) in [6.07, 6.45) is 1.17. The van der Waals surface area contributed by atoms with Crippen molar-refractivity contribution >= 4 is 34.3 Å². The molecule has 0 radical (unpaired) electrons. The number of aromatic nitrogens is 1. The molecular weight excluding hydrogens is 408 g/mol. The molecule has 32 heavy (non-hydrogen) atoms. The van der Waals surface area contributed by atoms with Gasteiger partial charge in [0.15, 0.2) is 0 Å². The number of carbonyl (C=O) groups excluding carboxylic acids is 3. The van der Waals surface area contributed by atoms with Crippen molar-refractivity contribution in [1.29, 1.82) is 0 Å². The van der Waals surface area contributed by atoms with Gasteiger partial charge in [-0.1, -0.05) is 12.1 Å². The molecule has 5 rings (SSSR count). The van der Waals surface area contributed by atoms with Gasteiger partial charge < -0.3 is 25.3 Å². The molecular formula is C24H24N4O4. The molecule has 164 valence electrons. The molecule has 1 aromatic heterocycles. The molecule has 1 atom stereocenters. The molecule has 0 aliphatic carbocycles. The molecule has 3 heterocycles. The van der Waals surface area contributed by atoms with Gasteiger partial charge in [0.2, 0.25) is 11.8 Å². The summed E-state index contributed by atoms with van der Waals surface area (Å²) in [5, 5.41) is 6.59. The first-order chi connectivity index (χ1) is 15.5. The number of nitrogens with zero attached hydrogens (tertiary/aromatic N) is 1. The van der Waals surface area contributed by atoms with Crippen molar-refractivity contribution in [2.75, 3.05) is 19.0 Å². The number of anilines is 1. The van der Waals surface area contributed by atoms with Crippen molar-refractivity contribution in [2.45, 2.75) is 31.8 Å². The lowest BCUT2D eigenvalue weighted by atomic mass is 10.0. The second-order valence-electron chi connectivity index (χ2n) is 8.16. The van der Waals surface area contributed by atoms with Gasteiger partial charge in [0.1, 0.15) is 11.8 Å². The summed E-state index contributed by atoms with van der Waals surface area (Å²) in [5.74, 6) is 0.128. The third-order valence-corrected chi connectivity index (χ3v) is 6.23. The molecule has 8 heteroatoms. The van der Waals surface area contributed by atoms with Crippen molar-refractivity contribution in [3.63, 3.8) is 0 Å². The lowest BCUT2D eigenvalue weighted by Crippen LogP contribution is -2.42. The summed E-state index contributed by atoms with van der Waals surface area (Å²) in [4.78, 5) is 43.3. The zero-order valence-electron chi connectivity index (χ0n) is 17.7. The van der Waals surface area contributed by atoms with Crippen molar-refractivity contribution in [3.05, 3.63) is 59.3 Å². The van der Waals surface area contributed by atoms with E-state index in [9.17, 15) is 14.4 Å². The number of fused-ring (bicyclic) bond motifs is 4. The van der Waals surface area contributed by atoms with Crippen LogP contribution in [0.2, 0.25) is 0 Å². The number of amides is 3. The fraction of sp³-hybridized carbons (Fsp3) is 0.292. The summed E-state index contributed by atoms with van der Waals surface area (Å²) < 4.78 is 5.35. The topological polar surface area (TPSA) is 104 Å². The van der Waals surface area contributed by atoms with E-state index in [4.69, 9.17) is 4.74 Å². The summed E-state index contributed by atoms with van der Waals surface area (Å²) >= 11 is 0. The number of H-pyrrole nitrogens is 1. The number of hydrogen-bond acceptors (Lipinski definition) is 4. The van der Waals surface area contributed by atoms with E-state index < -0.39 is 6.04 Å². The van der Waals surface area contributed by atoms with E-state index in [2.05, 4.69) is 15.6 Å². The molecule has 0 bridgehead atoms. The number of para-hydroxylation sites is 1. The summed E-state index contributed by atoms with van der Waals surface area (Å²) in [6.45, 7) is 1.13. The maximum atomic E-state index is 13.0. The van der Waals surface area contributed by atoms with Crippen LogP contribution >= 0.6 is 0 Å². The molecule has 0 spiro atoms. The van der Waals surface area contributed by atoms with Crippen LogP contribution in [0.4, 0.5) is 5.69 Å². The van der Waals surface area contributed by atoms with Crippen LogP contribution in [-0.2, 0) is 22.6 Å². The maximum absolute atomic E-state index is 13.0. The summed E-state index contributed by atoms with van der Waals surface area (Å²) in [7, 11) is 1.64. The normalized spacial score (nSPS) is 17.8. The van der Waals surface area contributed by atoms with Gasteiger partial charge >= 0.3 is 0 Å². The number of benzene rings is 2. The summed E-state index contributed by atoms with van der Waals surface area (Å²) in [5.41, 5.74) is 4.19. The van der Waals surface area contributed by atoms with Crippen LogP contribution < -0.4 is 15.4 Å². The molecule has 3 aromatic rings. The Kier molecular flexibility index (Phi) is 5.05. The van der Waals surface area contributed by atoms with Crippen molar-refractivity contribution < 1.29 is 19.1 Å². The maximum Gasteiger partial charge on any atom is 0.254 e. The molecule has 0 fully saturated rings. The van der Waals surface area contributed by atoms with E-state index in [1.165, 1.54) is 0 Å². The third-order valence-electron chi connectivity index (χ3n) is 6.23. The van der Waals surface area contributed by atoms with Gasteiger partial charge in [0, 0.05) is 48.1 Å². The Balaban J connectivity index is 1.26. The van der Waals surface area contributed by atoms with E-state index in [0.29, 0.717) is 24.3 Å². The molecule has 0 saturated carbocycles. The van der Waals surface area contributed by atoms with Crippen LogP contribution in [0.3, 0.4) is 0 Å². The lowest BCUT2D eigenvalue weighted by molar-refractivity contribution is -0.132. The number of aromatic amines is 1. The smallest absolute Gasteiger partial charge is 0.254 e. The van der Waals surface area contributed by atoms with E-state index in [1.54, 1.807) is 31.4 Å². The Morgan fingerprint density at radius 1 is 1.19 bits per heavy atom. The molecule has 8 nitrogen and oxygen atoms in total. The number of rotatable bonds is 4. The minimum Gasteiger partial charge on any atom is -0.497 e. The highest BCUT2D eigenvalue weighted by Gasteiger charge is 2.30. The number of nitrogens with one attached hydrogen (secondary N) is 3. The molecule has 1 unspecified atom stereocenters. The number of ether oxygens (including phenoxy) is 1. The minimum atomic E-state index is -0.753. The van der Waals surface area contributed by atoms with Crippen molar-refractivity contribution in [1.82, 2.24) is 15.2 Å². The van der Waals surface area contributed by atoms with Crippen LogP contribution in [0, 0.1) is 0 Å². The molecule has 0 saturated heterocycles. The fourth-order valence-corrected chi connectivity index (χ4v) is 4.47. The number of methoxy groups -OCH3 is 1. The standard InChI is InChI=1S/C24H24N4O4/c1-32-14-6-7-19-16(12-14)17-13-28(11-10-20(17)25-19)22(29)9-8-21-24(31)26-18-5-3-2-4-15(18)23(30)27-21/h2-7,12,21,25H,8-11,13H2,1H3,(H,26,31)(H,27,30). The molecule has 2 aliphatic rings. The van der Waals surface area contributed by atoms with Crippen LogP contribution in [0.5, 0.6) is 5.75 Å². The zero-order chi connectivity index (χ0) is 22.2. The quantitative estimate of drug-likeness (QED) is 0.590. The zero-order valence-corrected chi connectivity index (χ0v) is 17.7. The molecule has 2 aromatic carbocycles. The van der Waals surface area contributed by atoms with Gasteiger partial charge in [-0.3, -0.25) is 14.4 Å². The van der Waals surface area contributed by atoms with Crippen molar-refractivity contribution in [3.8, 4) is 5.75 Å². The first-order valence-corrected chi connectivity index (χ1v) is 10.7. The van der Waals surface area contributed by atoms with E-state index in [0.717, 1.165) is 34.3 Å². The monoisotopic (exact) mass is 432 g/mol. The van der Waals surface area contributed by atoms with Gasteiger partial charge in [-0.2, -0.15) is 0 Å². The Morgan fingerprint density at radius 3 is 2.88 bits per heavy atom. The van der Waals surface area contributed by atoms with Crippen LogP contribution in [0.1, 0.15) is 34.5 Å². The molecule has 3 amide bonds. The van der Waals surface area contributed by atoms with E-state index >= 15 is 0 Å². The predicted molar refractivity (Wildman–Crippen MR) is 120 cm³/mol. The SMILES string of the molecule is COc1ccc2[nH]c3c(c2c1)CN(C(=O)CCC1NC(=O)c2ccccc2NC1=O)CC3. The second kappa shape index (κ2) is 8.03. The third kappa shape index (κ3) is 3.57. The highest BCUT2D eigenvalue weighted by molar-refractivity contribution is 6.09. The van der Waals surface area contributed by atoms with E-state index in [-0.39, 0.29) is 30.6 Å². The van der Waals surface area contributed by atoms with Crippen molar-refractivity contribution in [2.24, 2.45) is 0 Å². The van der Waals surface area contributed by atoms with Crippen LogP contribution in [0.15, 0.2) is 42.5 Å². The number of hydrogen-bond donors (Lipinski definition) is 3.